The number of rotatable bonds is 4. The average molecular weight is 275 g/mol. The van der Waals surface area contributed by atoms with Gasteiger partial charge in [-0.3, -0.25) is 4.79 Å². The van der Waals surface area contributed by atoms with Crippen LogP contribution in [-0.2, 0) is 4.79 Å². The van der Waals surface area contributed by atoms with Crippen molar-refractivity contribution in [2.75, 3.05) is 0 Å². The Morgan fingerprint density at radius 1 is 1.53 bits per heavy atom. The molecule has 2 N–H and O–H groups in total. The molecular formula is C10H11BrO4. The van der Waals surface area contributed by atoms with Gasteiger partial charge in [0, 0.05) is 6.92 Å². The fraction of sp³-hybridized carbons (Fsp3) is 0.300. The summed E-state index contributed by atoms with van der Waals surface area (Å²) >= 11 is 3.23. The van der Waals surface area contributed by atoms with Gasteiger partial charge in [0.1, 0.15) is 12.2 Å². The van der Waals surface area contributed by atoms with Gasteiger partial charge in [0.05, 0.1) is 4.47 Å². The summed E-state index contributed by atoms with van der Waals surface area (Å²) in [7, 11) is 0. The molecule has 4 nitrogen and oxygen atoms in total. The molecule has 0 saturated carbocycles. The van der Waals surface area contributed by atoms with Gasteiger partial charge in [0.15, 0.2) is 0 Å². The van der Waals surface area contributed by atoms with Crippen molar-refractivity contribution >= 4 is 21.9 Å². The molecule has 0 aliphatic heterocycles. The largest absolute Gasteiger partial charge is 0.481 e. The highest BCUT2D eigenvalue weighted by Crippen LogP contribution is 2.27. The number of carboxylic acid groups (broad SMARTS) is 1. The molecule has 1 rings (SSSR count). The molecule has 0 saturated heterocycles. The van der Waals surface area contributed by atoms with Crippen LogP contribution >= 0.6 is 15.9 Å². The van der Waals surface area contributed by atoms with Gasteiger partial charge >= 0.3 is 5.97 Å². The standard InChI is InChI=1S/C10H11BrO4/c1-10(14,6-9(12)13)15-8-5-3-2-4-7(8)11/h2-5,14H,6H2,1H3,(H,12,13). The van der Waals surface area contributed by atoms with E-state index in [4.69, 9.17) is 9.84 Å². The number of carboxylic acids is 1. The zero-order valence-electron chi connectivity index (χ0n) is 8.11. The first-order chi connectivity index (χ1) is 6.91. The van der Waals surface area contributed by atoms with Crippen molar-refractivity contribution in [3.8, 4) is 5.75 Å². The maximum absolute atomic E-state index is 10.4. The molecule has 0 aliphatic rings. The molecule has 1 atom stereocenters. The van der Waals surface area contributed by atoms with Crippen molar-refractivity contribution in [3.63, 3.8) is 0 Å². The fourth-order valence-corrected chi connectivity index (χ4v) is 1.45. The van der Waals surface area contributed by atoms with Crippen LogP contribution in [0.4, 0.5) is 0 Å². The molecule has 0 bridgehead atoms. The lowest BCUT2D eigenvalue weighted by Crippen LogP contribution is -2.34. The van der Waals surface area contributed by atoms with E-state index in [1.54, 1.807) is 24.3 Å². The molecule has 5 heteroatoms. The van der Waals surface area contributed by atoms with E-state index in [1.165, 1.54) is 6.92 Å². The van der Waals surface area contributed by atoms with E-state index in [9.17, 15) is 9.90 Å². The summed E-state index contributed by atoms with van der Waals surface area (Å²) in [5.41, 5.74) is 0. The Bertz CT molecular complexity index is 362. The molecule has 1 aromatic carbocycles. The van der Waals surface area contributed by atoms with E-state index in [0.29, 0.717) is 10.2 Å². The van der Waals surface area contributed by atoms with E-state index >= 15 is 0 Å². The van der Waals surface area contributed by atoms with Gasteiger partial charge in [-0.05, 0) is 28.1 Å². The summed E-state index contributed by atoms with van der Waals surface area (Å²) in [6.45, 7) is 1.31. The van der Waals surface area contributed by atoms with Gasteiger partial charge in [0.2, 0.25) is 5.79 Å². The Hall–Kier alpha value is -1.07. The predicted octanol–water partition coefficient (Wildman–Crippen LogP) is 2.01. The summed E-state index contributed by atoms with van der Waals surface area (Å²) in [5, 5.41) is 18.2. The summed E-state index contributed by atoms with van der Waals surface area (Å²) < 4.78 is 5.83. The summed E-state index contributed by atoms with van der Waals surface area (Å²) in [6, 6.07) is 6.91. The highest BCUT2D eigenvalue weighted by molar-refractivity contribution is 9.10. The molecule has 1 unspecified atom stereocenters. The molecule has 0 amide bonds. The second kappa shape index (κ2) is 4.63. The lowest BCUT2D eigenvalue weighted by atomic mass is 10.2. The van der Waals surface area contributed by atoms with Crippen LogP contribution in [-0.4, -0.2) is 22.0 Å². The van der Waals surface area contributed by atoms with Crippen molar-refractivity contribution in [1.82, 2.24) is 0 Å². The number of hydrogen-bond donors (Lipinski definition) is 2. The van der Waals surface area contributed by atoms with Gasteiger partial charge in [-0.2, -0.15) is 0 Å². The van der Waals surface area contributed by atoms with Crippen LogP contribution in [0.25, 0.3) is 0 Å². The molecule has 0 spiro atoms. The number of halogens is 1. The number of carbonyl (C=O) groups is 1. The molecule has 0 heterocycles. The quantitative estimate of drug-likeness (QED) is 0.825. The monoisotopic (exact) mass is 274 g/mol. The Labute approximate surface area is 95.6 Å². The fourth-order valence-electron chi connectivity index (χ4n) is 1.08. The highest BCUT2D eigenvalue weighted by Gasteiger charge is 2.26. The van der Waals surface area contributed by atoms with Gasteiger partial charge in [-0.1, -0.05) is 12.1 Å². The first-order valence-electron chi connectivity index (χ1n) is 4.28. The van der Waals surface area contributed by atoms with Gasteiger partial charge in [0.25, 0.3) is 0 Å². The molecule has 0 aliphatic carbocycles. The number of benzene rings is 1. The Morgan fingerprint density at radius 3 is 2.67 bits per heavy atom. The van der Waals surface area contributed by atoms with E-state index < -0.39 is 18.2 Å². The predicted molar refractivity (Wildman–Crippen MR) is 57.6 cm³/mol. The van der Waals surface area contributed by atoms with Crippen LogP contribution in [0.2, 0.25) is 0 Å². The van der Waals surface area contributed by atoms with Crippen LogP contribution in [0.5, 0.6) is 5.75 Å². The third kappa shape index (κ3) is 3.89. The molecular weight excluding hydrogens is 264 g/mol. The first-order valence-corrected chi connectivity index (χ1v) is 5.08. The number of aliphatic carboxylic acids is 1. The molecule has 0 radical (unpaired) electrons. The summed E-state index contributed by atoms with van der Waals surface area (Å²) in [5.74, 6) is -2.42. The average Bonchev–Trinajstić information content (AvgIpc) is 2.06. The second-order valence-corrected chi connectivity index (χ2v) is 4.13. The molecule has 1 aromatic rings. The van der Waals surface area contributed by atoms with Gasteiger partial charge in [-0.15, -0.1) is 0 Å². The van der Waals surface area contributed by atoms with Gasteiger partial charge < -0.3 is 14.9 Å². The van der Waals surface area contributed by atoms with Crippen molar-refractivity contribution in [2.24, 2.45) is 0 Å². The minimum absolute atomic E-state index is 0.406. The summed E-state index contributed by atoms with van der Waals surface area (Å²) in [6.07, 6.45) is -0.478. The van der Waals surface area contributed by atoms with Crippen LogP contribution in [0.1, 0.15) is 13.3 Å². The lowest BCUT2D eigenvalue weighted by Gasteiger charge is -2.23. The lowest BCUT2D eigenvalue weighted by molar-refractivity contribution is -0.162. The topological polar surface area (TPSA) is 66.8 Å². The smallest absolute Gasteiger partial charge is 0.310 e. The van der Waals surface area contributed by atoms with Crippen LogP contribution in [0.3, 0.4) is 0 Å². The third-order valence-electron chi connectivity index (χ3n) is 1.65. The van der Waals surface area contributed by atoms with Crippen LogP contribution < -0.4 is 4.74 Å². The zero-order chi connectivity index (χ0) is 11.5. The molecule has 0 aromatic heterocycles. The second-order valence-electron chi connectivity index (χ2n) is 3.28. The Kier molecular flexibility index (Phi) is 3.71. The van der Waals surface area contributed by atoms with E-state index in [1.807, 2.05) is 0 Å². The Balaban J connectivity index is 2.77. The number of aliphatic hydroxyl groups is 1. The SMILES string of the molecule is CC(O)(CC(=O)O)Oc1ccccc1Br. The summed E-state index contributed by atoms with van der Waals surface area (Å²) in [4.78, 5) is 10.4. The zero-order valence-corrected chi connectivity index (χ0v) is 9.69. The molecule has 0 fully saturated rings. The van der Waals surface area contributed by atoms with E-state index in [-0.39, 0.29) is 0 Å². The molecule has 15 heavy (non-hydrogen) atoms. The van der Waals surface area contributed by atoms with Gasteiger partial charge in [-0.25, -0.2) is 0 Å². The molecule has 82 valence electrons. The number of para-hydroxylation sites is 1. The van der Waals surface area contributed by atoms with Crippen LogP contribution in [0, 0.1) is 0 Å². The number of ether oxygens (including phenoxy) is 1. The van der Waals surface area contributed by atoms with E-state index in [0.717, 1.165) is 0 Å². The minimum Gasteiger partial charge on any atom is -0.481 e. The van der Waals surface area contributed by atoms with Crippen molar-refractivity contribution in [3.05, 3.63) is 28.7 Å². The van der Waals surface area contributed by atoms with Crippen molar-refractivity contribution in [2.45, 2.75) is 19.1 Å². The van der Waals surface area contributed by atoms with Crippen LogP contribution in [0.15, 0.2) is 28.7 Å². The normalized spacial score (nSPS) is 14.3. The van der Waals surface area contributed by atoms with E-state index in [2.05, 4.69) is 15.9 Å². The number of hydrogen-bond acceptors (Lipinski definition) is 3. The minimum atomic E-state index is -1.71. The maximum atomic E-state index is 10.4. The Morgan fingerprint density at radius 2 is 2.13 bits per heavy atom. The maximum Gasteiger partial charge on any atom is 0.310 e. The first kappa shape index (κ1) is 12.0. The van der Waals surface area contributed by atoms with Crippen molar-refractivity contribution in [1.29, 1.82) is 0 Å². The van der Waals surface area contributed by atoms with Crippen molar-refractivity contribution < 1.29 is 19.7 Å². The third-order valence-corrected chi connectivity index (χ3v) is 2.30. The highest BCUT2D eigenvalue weighted by atomic mass is 79.9.